The lowest BCUT2D eigenvalue weighted by Gasteiger charge is -2.11. The Labute approximate surface area is 163 Å². The number of nitrogens with zero attached hydrogens (tertiary/aromatic N) is 4. The van der Waals surface area contributed by atoms with Crippen molar-refractivity contribution in [1.82, 2.24) is 19.2 Å². The molecule has 1 amide bonds. The van der Waals surface area contributed by atoms with Crippen LogP contribution in [-0.2, 0) is 0 Å². The average molecular weight is 393 g/mol. The molecule has 0 saturated heterocycles. The summed E-state index contributed by atoms with van der Waals surface area (Å²) in [6.45, 7) is 0. The maximum atomic E-state index is 13.5. The Kier molecular flexibility index (Phi) is 4.43. The molecule has 0 spiro atoms. The van der Waals surface area contributed by atoms with E-state index in [0.717, 1.165) is 0 Å². The number of nitrogens with two attached hydrogens (primary N) is 1. The molecular weight excluding hydrogens is 377 g/mol. The maximum Gasteiger partial charge on any atom is 0.278 e. The van der Waals surface area contributed by atoms with Crippen LogP contribution in [0, 0.1) is 5.82 Å². The van der Waals surface area contributed by atoms with E-state index in [-0.39, 0.29) is 16.9 Å². The lowest BCUT2D eigenvalue weighted by molar-refractivity contribution is 0.100. The summed E-state index contributed by atoms with van der Waals surface area (Å²) in [5, 5.41) is 10.00. The number of hydrogen-bond acceptors (Lipinski definition) is 6. The molecule has 3 aromatic heterocycles. The lowest BCUT2D eigenvalue weighted by atomic mass is 10.3. The van der Waals surface area contributed by atoms with Gasteiger partial charge in [-0.25, -0.2) is 9.37 Å². The van der Waals surface area contributed by atoms with Crippen LogP contribution in [-0.4, -0.2) is 32.1 Å². The number of carbonyl (C=O) groups is 1. The molecule has 0 radical (unpaired) electrons. The molecule has 0 unspecified atom stereocenters. The summed E-state index contributed by atoms with van der Waals surface area (Å²) in [6.07, 6.45) is 2.87. The number of benzene rings is 1. The summed E-state index contributed by atoms with van der Waals surface area (Å²) >= 11 is 0. The van der Waals surface area contributed by atoms with E-state index < -0.39 is 17.3 Å². The van der Waals surface area contributed by atoms with Crippen LogP contribution in [0.1, 0.15) is 10.4 Å². The quantitative estimate of drug-likeness (QED) is 0.476. The molecule has 0 atom stereocenters. The first-order valence-corrected chi connectivity index (χ1v) is 8.59. The number of aromatic nitrogens is 4. The molecule has 0 aliphatic carbocycles. The highest BCUT2D eigenvalue weighted by Crippen LogP contribution is 2.20. The largest absolute Gasteiger partial charge is 0.373 e. The van der Waals surface area contributed by atoms with E-state index in [1.807, 2.05) is 0 Å². The van der Waals surface area contributed by atoms with Crippen LogP contribution < -0.4 is 21.9 Å². The van der Waals surface area contributed by atoms with Crippen molar-refractivity contribution >= 4 is 28.9 Å². The van der Waals surface area contributed by atoms with Crippen LogP contribution in [0.5, 0.6) is 0 Å². The van der Waals surface area contributed by atoms with Crippen LogP contribution in [0.15, 0.2) is 59.7 Å². The van der Waals surface area contributed by atoms with Crippen molar-refractivity contribution in [2.75, 3.05) is 17.7 Å². The van der Waals surface area contributed by atoms with Crippen LogP contribution in [0.4, 0.5) is 21.7 Å². The van der Waals surface area contributed by atoms with E-state index in [1.165, 1.54) is 33.5 Å². The molecule has 146 valence electrons. The topological polar surface area (TPSA) is 119 Å². The zero-order valence-electron chi connectivity index (χ0n) is 15.3. The lowest BCUT2D eigenvalue weighted by Crippen LogP contribution is -2.20. The van der Waals surface area contributed by atoms with Gasteiger partial charge in [0.1, 0.15) is 28.7 Å². The van der Waals surface area contributed by atoms with Crippen molar-refractivity contribution in [3.05, 3.63) is 76.6 Å². The summed E-state index contributed by atoms with van der Waals surface area (Å²) in [5.74, 6) is -0.275. The van der Waals surface area contributed by atoms with Crippen molar-refractivity contribution < 1.29 is 9.18 Å². The number of anilines is 3. The number of rotatable bonds is 5. The summed E-state index contributed by atoms with van der Waals surface area (Å²) in [4.78, 5) is 28.9. The van der Waals surface area contributed by atoms with E-state index in [9.17, 15) is 14.0 Å². The fourth-order valence-corrected chi connectivity index (χ4v) is 2.94. The van der Waals surface area contributed by atoms with Gasteiger partial charge >= 0.3 is 0 Å². The number of carbonyl (C=O) groups excluding carboxylic acids is 1. The number of amides is 1. The van der Waals surface area contributed by atoms with Gasteiger partial charge < -0.3 is 16.4 Å². The third kappa shape index (κ3) is 3.27. The van der Waals surface area contributed by atoms with E-state index in [2.05, 4.69) is 20.7 Å². The van der Waals surface area contributed by atoms with Crippen molar-refractivity contribution in [2.24, 2.45) is 5.73 Å². The number of fused-ring (bicyclic) bond motifs is 1. The Morgan fingerprint density at radius 1 is 1.21 bits per heavy atom. The average Bonchev–Trinajstić information content (AvgIpc) is 3.13. The molecule has 0 fully saturated rings. The molecule has 29 heavy (non-hydrogen) atoms. The van der Waals surface area contributed by atoms with Gasteiger partial charge in [0.25, 0.3) is 11.5 Å². The van der Waals surface area contributed by atoms with Gasteiger partial charge in [0.15, 0.2) is 5.65 Å². The molecule has 9 nitrogen and oxygen atoms in total. The van der Waals surface area contributed by atoms with Crippen molar-refractivity contribution in [3.63, 3.8) is 0 Å². The molecule has 0 aliphatic rings. The minimum Gasteiger partial charge on any atom is -0.373 e. The fourth-order valence-electron chi connectivity index (χ4n) is 2.94. The van der Waals surface area contributed by atoms with Crippen molar-refractivity contribution in [1.29, 1.82) is 0 Å². The first kappa shape index (κ1) is 18.2. The Hall–Kier alpha value is -4.21. The second-order valence-corrected chi connectivity index (χ2v) is 6.14. The van der Waals surface area contributed by atoms with Gasteiger partial charge in [-0.05, 0) is 30.3 Å². The smallest absolute Gasteiger partial charge is 0.278 e. The van der Waals surface area contributed by atoms with Crippen LogP contribution in [0.25, 0.3) is 11.3 Å². The first-order valence-electron chi connectivity index (χ1n) is 8.59. The molecule has 0 saturated carbocycles. The van der Waals surface area contributed by atoms with E-state index in [4.69, 9.17) is 5.73 Å². The minimum atomic E-state index is -0.667. The van der Waals surface area contributed by atoms with Crippen LogP contribution in [0.3, 0.4) is 0 Å². The third-order valence-corrected chi connectivity index (χ3v) is 4.29. The summed E-state index contributed by atoms with van der Waals surface area (Å²) in [7, 11) is 1.68. The molecule has 3 heterocycles. The first-order chi connectivity index (χ1) is 14.0. The fraction of sp³-hybridized carbons (Fsp3) is 0.0526. The number of pyridine rings is 1. The number of primary amides is 1. The highest BCUT2D eigenvalue weighted by molar-refractivity contribution is 5.98. The predicted octanol–water partition coefficient (Wildman–Crippen LogP) is 1.90. The third-order valence-electron chi connectivity index (χ3n) is 4.29. The summed E-state index contributed by atoms with van der Waals surface area (Å²) in [5.41, 5.74) is 5.99. The number of hydrogen-bond donors (Lipinski definition) is 3. The zero-order valence-corrected chi connectivity index (χ0v) is 15.3. The van der Waals surface area contributed by atoms with Gasteiger partial charge in [-0.2, -0.15) is 9.61 Å². The van der Waals surface area contributed by atoms with Gasteiger partial charge in [0, 0.05) is 19.3 Å². The highest BCUT2D eigenvalue weighted by atomic mass is 19.1. The van der Waals surface area contributed by atoms with Gasteiger partial charge in [-0.3, -0.25) is 14.2 Å². The molecule has 4 N–H and O–H groups in total. The Morgan fingerprint density at radius 3 is 2.76 bits per heavy atom. The van der Waals surface area contributed by atoms with Gasteiger partial charge in [-0.15, -0.1) is 0 Å². The Balaban J connectivity index is 1.79. The molecule has 10 heteroatoms. The molecule has 0 bridgehead atoms. The normalized spacial score (nSPS) is 10.8. The van der Waals surface area contributed by atoms with Crippen LogP contribution in [0.2, 0.25) is 0 Å². The van der Waals surface area contributed by atoms with Gasteiger partial charge in [0.05, 0.1) is 11.9 Å². The number of nitrogens with one attached hydrogen (secondary N) is 2. The highest BCUT2D eigenvalue weighted by Gasteiger charge is 2.15. The maximum absolute atomic E-state index is 13.5. The van der Waals surface area contributed by atoms with Crippen molar-refractivity contribution in [3.8, 4) is 5.69 Å². The van der Waals surface area contributed by atoms with E-state index in [0.29, 0.717) is 17.3 Å². The van der Waals surface area contributed by atoms with E-state index >= 15 is 0 Å². The predicted molar refractivity (Wildman–Crippen MR) is 106 cm³/mol. The molecule has 0 aliphatic heterocycles. The SMILES string of the molecule is CNc1cc(Nc2cccn(-c3cccc(F)c3)c2=O)nc2c(C(N)=O)cnn12. The van der Waals surface area contributed by atoms with Crippen LogP contribution >= 0.6 is 0 Å². The molecular formula is C19H16FN7O2. The second-order valence-electron chi connectivity index (χ2n) is 6.14. The minimum absolute atomic E-state index is 0.149. The van der Waals surface area contributed by atoms with E-state index in [1.54, 1.807) is 37.5 Å². The number of halogens is 1. The standard InChI is InChI=1S/C19H16FN7O2/c1-22-16-9-15(25-18-13(17(21)28)10-23-27(16)18)24-14-6-3-7-26(19(14)29)12-5-2-4-11(20)8-12/h2-10,22H,1H3,(H2,21,28)(H,24,25). The second kappa shape index (κ2) is 7.08. The molecule has 4 rings (SSSR count). The zero-order chi connectivity index (χ0) is 20.5. The van der Waals surface area contributed by atoms with Gasteiger partial charge in [0.2, 0.25) is 0 Å². The molecule has 4 aromatic rings. The summed E-state index contributed by atoms with van der Waals surface area (Å²) in [6, 6.07) is 10.6. The Bertz CT molecular complexity index is 1300. The van der Waals surface area contributed by atoms with Gasteiger partial charge in [-0.1, -0.05) is 6.07 Å². The molecule has 1 aromatic carbocycles. The monoisotopic (exact) mass is 393 g/mol. The summed E-state index contributed by atoms with van der Waals surface area (Å²) < 4.78 is 16.3. The van der Waals surface area contributed by atoms with Crippen molar-refractivity contribution in [2.45, 2.75) is 0 Å². The Morgan fingerprint density at radius 2 is 2.03 bits per heavy atom.